The van der Waals surface area contributed by atoms with Crippen LogP contribution in [0.15, 0.2) is 71.1 Å². The Kier molecular flexibility index (Phi) is 8.17. The zero-order valence-corrected chi connectivity index (χ0v) is 21.1. The minimum Gasteiger partial charge on any atom is -0.497 e. The molecule has 1 aromatic heterocycles. The Morgan fingerprint density at radius 3 is 2.54 bits per heavy atom. The number of carbonyl (C=O) groups is 2. The Morgan fingerprint density at radius 1 is 1.11 bits per heavy atom. The first-order valence-corrected chi connectivity index (χ1v) is 12.4. The molecule has 2 aromatic carbocycles. The SMILES string of the molecule is COCCN(CC(=O)N1N=C(c2cccs2)C[C@H]1c1ccc(OC)cc1)C(=O)c1ccccc1Cl. The van der Waals surface area contributed by atoms with Crippen molar-refractivity contribution in [3.05, 3.63) is 87.1 Å². The van der Waals surface area contributed by atoms with Gasteiger partial charge in [0.25, 0.3) is 11.8 Å². The average Bonchev–Trinajstić information content (AvgIpc) is 3.57. The first-order valence-electron chi connectivity index (χ1n) is 11.1. The first kappa shape index (κ1) is 24.9. The van der Waals surface area contributed by atoms with Gasteiger partial charge in [0.2, 0.25) is 0 Å². The lowest BCUT2D eigenvalue weighted by molar-refractivity contribution is -0.133. The van der Waals surface area contributed by atoms with Crippen molar-refractivity contribution in [1.29, 1.82) is 0 Å². The van der Waals surface area contributed by atoms with Gasteiger partial charge in [-0.3, -0.25) is 9.59 Å². The number of carbonyl (C=O) groups excluding carboxylic acids is 2. The molecule has 7 nitrogen and oxygen atoms in total. The van der Waals surface area contributed by atoms with Gasteiger partial charge in [-0.1, -0.05) is 41.9 Å². The zero-order valence-electron chi connectivity index (χ0n) is 19.5. The highest BCUT2D eigenvalue weighted by Crippen LogP contribution is 2.34. The number of halogens is 1. The van der Waals surface area contributed by atoms with Crippen LogP contribution in [0.5, 0.6) is 5.75 Å². The van der Waals surface area contributed by atoms with Gasteiger partial charge in [0.15, 0.2) is 0 Å². The van der Waals surface area contributed by atoms with Crippen LogP contribution in [0.2, 0.25) is 5.02 Å². The molecule has 182 valence electrons. The number of thiophene rings is 1. The van der Waals surface area contributed by atoms with Crippen LogP contribution in [0, 0.1) is 0 Å². The predicted molar refractivity (Wildman–Crippen MR) is 137 cm³/mol. The van der Waals surface area contributed by atoms with E-state index < -0.39 is 0 Å². The summed E-state index contributed by atoms with van der Waals surface area (Å²) in [6.45, 7) is 0.380. The van der Waals surface area contributed by atoms with Gasteiger partial charge in [0, 0.05) is 20.1 Å². The average molecular weight is 512 g/mol. The van der Waals surface area contributed by atoms with E-state index in [0.717, 1.165) is 21.9 Å². The summed E-state index contributed by atoms with van der Waals surface area (Å²) in [7, 11) is 3.17. The second-order valence-electron chi connectivity index (χ2n) is 7.95. The maximum absolute atomic E-state index is 13.6. The van der Waals surface area contributed by atoms with Gasteiger partial charge in [0.05, 0.1) is 40.9 Å². The van der Waals surface area contributed by atoms with E-state index in [0.29, 0.717) is 17.0 Å². The predicted octanol–water partition coefficient (Wildman–Crippen LogP) is 4.88. The number of rotatable bonds is 9. The maximum atomic E-state index is 13.6. The summed E-state index contributed by atoms with van der Waals surface area (Å²) < 4.78 is 10.5. The lowest BCUT2D eigenvalue weighted by Crippen LogP contribution is -2.42. The normalized spacial score (nSPS) is 15.1. The van der Waals surface area contributed by atoms with E-state index >= 15 is 0 Å². The standard InChI is InChI=1S/C26H26ClN3O4S/c1-33-14-13-29(26(32)20-6-3-4-7-21(20)27)17-25(31)30-23(18-9-11-19(34-2)12-10-18)16-22(28-30)24-8-5-15-35-24/h3-12,15,23H,13-14,16-17H2,1-2H3/t23-/m0/s1. The summed E-state index contributed by atoms with van der Waals surface area (Å²) in [6.07, 6.45) is 0.578. The quantitative estimate of drug-likeness (QED) is 0.410. The minimum absolute atomic E-state index is 0.151. The number of hydrazone groups is 1. The number of hydrogen-bond donors (Lipinski definition) is 0. The third-order valence-corrected chi connectivity index (χ3v) is 7.00. The van der Waals surface area contributed by atoms with E-state index in [9.17, 15) is 9.59 Å². The van der Waals surface area contributed by atoms with E-state index in [1.54, 1.807) is 49.8 Å². The van der Waals surface area contributed by atoms with Crippen molar-refractivity contribution in [3.63, 3.8) is 0 Å². The molecule has 0 spiro atoms. The van der Waals surface area contributed by atoms with Gasteiger partial charge >= 0.3 is 0 Å². The van der Waals surface area contributed by atoms with Crippen LogP contribution in [0.25, 0.3) is 0 Å². The molecule has 9 heteroatoms. The number of nitrogens with zero attached hydrogens (tertiary/aromatic N) is 3. The van der Waals surface area contributed by atoms with E-state index in [1.807, 2.05) is 41.8 Å². The molecule has 0 N–H and O–H groups in total. The van der Waals surface area contributed by atoms with E-state index in [-0.39, 0.29) is 37.6 Å². The molecular weight excluding hydrogens is 486 g/mol. The lowest BCUT2D eigenvalue weighted by Gasteiger charge is -2.27. The Hall–Kier alpha value is -3.20. The molecule has 1 atom stereocenters. The minimum atomic E-state index is -0.330. The highest BCUT2D eigenvalue weighted by atomic mass is 35.5. The number of benzene rings is 2. The maximum Gasteiger partial charge on any atom is 0.262 e. The summed E-state index contributed by atoms with van der Waals surface area (Å²) in [6, 6.07) is 18.1. The van der Waals surface area contributed by atoms with Crippen LogP contribution in [0.3, 0.4) is 0 Å². The van der Waals surface area contributed by atoms with Crippen LogP contribution < -0.4 is 4.74 Å². The van der Waals surface area contributed by atoms with E-state index in [1.165, 1.54) is 9.91 Å². The number of ether oxygens (including phenoxy) is 2. The van der Waals surface area contributed by atoms with E-state index in [2.05, 4.69) is 0 Å². The van der Waals surface area contributed by atoms with Crippen molar-refractivity contribution in [2.24, 2.45) is 5.10 Å². The van der Waals surface area contributed by atoms with Crippen molar-refractivity contribution in [2.45, 2.75) is 12.5 Å². The van der Waals surface area contributed by atoms with Crippen molar-refractivity contribution in [2.75, 3.05) is 33.9 Å². The van der Waals surface area contributed by atoms with E-state index in [4.69, 9.17) is 26.2 Å². The van der Waals surface area contributed by atoms with Crippen molar-refractivity contribution in [1.82, 2.24) is 9.91 Å². The molecule has 0 fully saturated rings. The first-order chi connectivity index (χ1) is 17.0. The molecule has 0 saturated carbocycles. The van der Waals surface area contributed by atoms with Crippen molar-refractivity contribution >= 4 is 40.5 Å². The molecule has 2 heterocycles. The third kappa shape index (κ3) is 5.73. The third-order valence-electron chi connectivity index (χ3n) is 5.75. The largest absolute Gasteiger partial charge is 0.497 e. The monoisotopic (exact) mass is 511 g/mol. The van der Waals surface area contributed by atoms with Crippen LogP contribution in [-0.4, -0.2) is 61.4 Å². The topological polar surface area (TPSA) is 71.4 Å². The zero-order chi connectivity index (χ0) is 24.8. The fourth-order valence-electron chi connectivity index (χ4n) is 3.91. The van der Waals surface area contributed by atoms with Crippen LogP contribution in [0.1, 0.15) is 33.3 Å². The second-order valence-corrected chi connectivity index (χ2v) is 9.31. The summed E-state index contributed by atoms with van der Waals surface area (Å²) in [5, 5.41) is 8.52. The molecule has 0 radical (unpaired) electrons. The Morgan fingerprint density at radius 2 is 1.89 bits per heavy atom. The molecule has 0 unspecified atom stereocenters. The molecule has 0 aliphatic carbocycles. The van der Waals surface area contributed by atoms with Gasteiger partial charge in [-0.25, -0.2) is 5.01 Å². The van der Waals surface area contributed by atoms with Gasteiger partial charge in [0.1, 0.15) is 12.3 Å². The number of amides is 2. The number of methoxy groups -OCH3 is 2. The van der Waals surface area contributed by atoms with Crippen LogP contribution >= 0.6 is 22.9 Å². The fraction of sp³-hybridized carbons (Fsp3) is 0.269. The van der Waals surface area contributed by atoms with Gasteiger partial charge < -0.3 is 14.4 Å². The molecule has 1 aliphatic rings. The molecule has 35 heavy (non-hydrogen) atoms. The Labute approximate surface area is 213 Å². The van der Waals surface area contributed by atoms with Crippen LogP contribution in [-0.2, 0) is 9.53 Å². The molecule has 3 aromatic rings. The van der Waals surface area contributed by atoms with Gasteiger partial charge in [-0.15, -0.1) is 11.3 Å². The van der Waals surface area contributed by atoms with Crippen molar-refractivity contribution < 1.29 is 19.1 Å². The number of hydrogen-bond acceptors (Lipinski definition) is 6. The van der Waals surface area contributed by atoms with Gasteiger partial charge in [-0.05, 0) is 41.3 Å². The summed E-state index contributed by atoms with van der Waals surface area (Å²) in [5.41, 5.74) is 2.12. The van der Waals surface area contributed by atoms with Gasteiger partial charge in [-0.2, -0.15) is 5.10 Å². The highest BCUT2D eigenvalue weighted by Gasteiger charge is 2.35. The molecule has 0 bridgehead atoms. The molecule has 2 amide bonds. The summed E-state index contributed by atoms with van der Waals surface area (Å²) in [4.78, 5) is 29.3. The molecule has 0 saturated heterocycles. The van der Waals surface area contributed by atoms with Crippen molar-refractivity contribution in [3.8, 4) is 5.75 Å². The molecule has 1 aliphatic heterocycles. The Balaban J connectivity index is 1.61. The molecule has 4 rings (SSSR count). The Bertz CT molecular complexity index is 1200. The lowest BCUT2D eigenvalue weighted by atomic mass is 10.0. The summed E-state index contributed by atoms with van der Waals surface area (Å²) in [5.74, 6) is 0.123. The molecular formula is C26H26ClN3O4S. The highest BCUT2D eigenvalue weighted by molar-refractivity contribution is 7.12. The second kappa shape index (κ2) is 11.5. The fourth-order valence-corrected chi connectivity index (χ4v) is 4.85. The van der Waals surface area contributed by atoms with Crippen LogP contribution in [0.4, 0.5) is 0 Å². The smallest absolute Gasteiger partial charge is 0.262 e. The summed E-state index contributed by atoms with van der Waals surface area (Å²) >= 11 is 7.84.